The van der Waals surface area contributed by atoms with Crippen LogP contribution in [0.5, 0.6) is 0 Å². The summed E-state index contributed by atoms with van der Waals surface area (Å²) in [7, 11) is 0. The number of amides is 1. The quantitative estimate of drug-likeness (QED) is 0.538. The lowest BCUT2D eigenvalue weighted by molar-refractivity contribution is -0.163. The third kappa shape index (κ3) is 4.54. The molecule has 0 spiro atoms. The van der Waals surface area contributed by atoms with Crippen molar-refractivity contribution in [2.24, 2.45) is 5.92 Å². The predicted octanol–water partition coefficient (Wildman–Crippen LogP) is 4.16. The van der Waals surface area contributed by atoms with Gasteiger partial charge in [-0.1, -0.05) is 67.6 Å². The van der Waals surface area contributed by atoms with Gasteiger partial charge in [-0.25, -0.2) is 4.79 Å². The molecule has 2 aromatic carbocycles. The number of nitrogens with zero attached hydrogens (tertiary/aromatic N) is 1. The Kier molecular flexibility index (Phi) is 6.59. The highest BCUT2D eigenvalue weighted by molar-refractivity contribution is 7.16. The number of thiophene rings is 1. The van der Waals surface area contributed by atoms with E-state index < -0.39 is 24.1 Å². The van der Waals surface area contributed by atoms with Gasteiger partial charge in [-0.05, 0) is 41.9 Å². The van der Waals surface area contributed by atoms with E-state index in [1.54, 1.807) is 60.7 Å². The number of carbonyl (C=O) groups is 2. The van der Waals surface area contributed by atoms with Gasteiger partial charge in [-0.15, -0.1) is 11.3 Å². The van der Waals surface area contributed by atoms with Gasteiger partial charge in [-0.3, -0.25) is 4.79 Å². The summed E-state index contributed by atoms with van der Waals surface area (Å²) in [6.07, 6.45) is 2.73. The third-order valence-electron chi connectivity index (χ3n) is 5.89. The molecule has 4 rings (SSSR count). The molecule has 6 nitrogen and oxygen atoms in total. The zero-order valence-corrected chi connectivity index (χ0v) is 19.0. The van der Waals surface area contributed by atoms with Crippen LogP contribution in [-0.2, 0) is 32.8 Å². The van der Waals surface area contributed by atoms with E-state index in [0.29, 0.717) is 27.6 Å². The second-order valence-corrected chi connectivity index (χ2v) is 9.34. The van der Waals surface area contributed by atoms with Gasteiger partial charge in [0.05, 0.1) is 5.56 Å². The van der Waals surface area contributed by atoms with Crippen LogP contribution in [0.3, 0.4) is 0 Å². The lowest BCUT2D eigenvalue weighted by atomic mass is 9.86. The Bertz CT molecular complexity index is 1160. The molecule has 0 radical (unpaired) electrons. The largest absolute Gasteiger partial charge is 0.453 e. The van der Waals surface area contributed by atoms with Crippen LogP contribution >= 0.6 is 11.3 Å². The molecule has 2 N–H and O–H groups in total. The van der Waals surface area contributed by atoms with Crippen LogP contribution in [0.4, 0.5) is 5.00 Å². The standard InChI is InChI=1S/C26H24N2O4S/c1-17-12-13-20-21(15-27)24(33-22(20)14-17)28-23(29)16-32-25(30)26(31,18-8-4-2-5-9-18)19-10-6-3-7-11-19/h2-11,17,31H,12-14,16H2,1H3,(H,28,29). The third-order valence-corrected chi connectivity index (χ3v) is 7.06. The van der Waals surface area contributed by atoms with Crippen molar-refractivity contribution in [3.05, 3.63) is 87.8 Å². The number of hydrogen-bond donors (Lipinski definition) is 2. The Balaban J connectivity index is 1.50. The first-order chi connectivity index (χ1) is 15.9. The normalized spacial score (nSPS) is 15.2. The number of rotatable bonds is 6. The number of hydrogen-bond acceptors (Lipinski definition) is 6. The molecule has 1 unspecified atom stereocenters. The number of anilines is 1. The fourth-order valence-electron chi connectivity index (χ4n) is 4.12. The molecule has 168 valence electrons. The van der Waals surface area contributed by atoms with E-state index in [-0.39, 0.29) is 0 Å². The summed E-state index contributed by atoms with van der Waals surface area (Å²) in [6.45, 7) is 1.59. The Morgan fingerprint density at radius 1 is 1.15 bits per heavy atom. The maximum absolute atomic E-state index is 13.0. The van der Waals surface area contributed by atoms with Crippen LogP contribution in [-0.4, -0.2) is 23.6 Å². The first-order valence-electron chi connectivity index (χ1n) is 10.8. The Morgan fingerprint density at radius 3 is 2.33 bits per heavy atom. The Labute approximate surface area is 196 Å². The minimum atomic E-state index is -2.06. The van der Waals surface area contributed by atoms with Crippen LogP contribution in [0.1, 0.15) is 40.5 Å². The number of esters is 1. The molecule has 1 atom stereocenters. The molecule has 0 aliphatic heterocycles. The molecular weight excluding hydrogens is 436 g/mol. The average molecular weight is 461 g/mol. The minimum Gasteiger partial charge on any atom is -0.453 e. The molecule has 1 amide bonds. The van der Waals surface area contributed by atoms with Crippen molar-refractivity contribution in [2.45, 2.75) is 31.8 Å². The summed E-state index contributed by atoms with van der Waals surface area (Å²) in [5, 5.41) is 24.2. The van der Waals surface area contributed by atoms with Crippen molar-refractivity contribution in [3.63, 3.8) is 0 Å². The molecule has 7 heteroatoms. The van der Waals surface area contributed by atoms with Gasteiger partial charge >= 0.3 is 5.97 Å². The minimum absolute atomic E-state index is 0.341. The number of nitriles is 1. The van der Waals surface area contributed by atoms with Gasteiger partial charge < -0.3 is 15.2 Å². The summed E-state index contributed by atoms with van der Waals surface area (Å²) in [5.41, 5.74) is 0.127. The molecule has 1 aliphatic rings. The van der Waals surface area contributed by atoms with E-state index in [0.717, 1.165) is 29.7 Å². The van der Waals surface area contributed by atoms with Gasteiger partial charge in [0.2, 0.25) is 5.60 Å². The van der Waals surface area contributed by atoms with Crippen molar-refractivity contribution in [2.75, 3.05) is 11.9 Å². The summed E-state index contributed by atoms with van der Waals surface area (Å²) in [5.74, 6) is -0.967. The molecule has 0 bridgehead atoms. The lowest BCUT2D eigenvalue weighted by Crippen LogP contribution is -2.39. The average Bonchev–Trinajstić information content (AvgIpc) is 3.18. The second-order valence-electron chi connectivity index (χ2n) is 8.23. The zero-order chi connectivity index (χ0) is 23.4. The number of aliphatic hydroxyl groups is 1. The van der Waals surface area contributed by atoms with E-state index in [9.17, 15) is 20.0 Å². The first-order valence-corrected chi connectivity index (χ1v) is 11.6. The highest BCUT2D eigenvalue weighted by Crippen LogP contribution is 2.39. The predicted molar refractivity (Wildman–Crippen MR) is 126 cm³/mol. The maximum atomic E-state index is 13.0. The SMILES string of the molecule is CC1CCc2c(sc(NC(=O)COC(=O)C(O)(c3ccccc3)c3ccccc3)c2C#N)C1. The zero-order valence-electron chi connectivity index (χ0n) is 18.2. The first kappa shape index (κ1) is 22.7. The van der Waals surface area contributed by atoms with Crippen LogP contribution in [0.2, 0.25) is 0 Å². The maximum Gasteiger partial charge on any atom is 0.348 e. The molecule has 3 aromatic rings. The number of nitrogens with one attached hydrogen (secondary N) is 1. The number of fused-ring (bicyclic) bond motifs is 1. The number of ether oxygens (including phenoxy) is 1. The molecule has 1 heterocycles. The Hall–Kier alpha value is -3.47. The summed E-state index contributed by atoms with van der Waals surface area (Å²) >= 11 is 1.41. The molecular formula is C26H24N2O4S. The van der Waals surface area contributed by atoms with Crippen LogP contribution in [0.15, 0.2) is 60.7 Å². The molecule has 1 aliphatic carbocycles. The monoisotopic (exact) mass is 460 g/mol. The van der Waals surface area contributed by atoms with Crippen molar-refractivity contribution in [3.8, 4) is 6.07 Å². The van der Waals surface area contributed by atoms with Crippen molar-refractivity contribution < 1.29 is 19.4 Å². The van der Waals surface area contributed by atoms with E-state index >= 15 is 0 Å². The van der Waals surface area contributed by atoms with Crippen LogP contribution in [0, 0.1) is 17.2 Å². The summed E-state index contributed by atoms with van der Waals surface area (Å²) in [6, 6.07) is 19.1. The second kappa shape index (κ2) is 9.57. The van der Waals surface area contributed by atoms with Gasteiger partial charge in [-0.2, -0.15) is 5.26 Å². The molecule has 1 aromatic heterocycles. The van der Waals surface area contributed by atoms with E-state index in [1.807, 2.05) is 0 Å². The topological polar surface area (TPSA) is 99.4 Å². The van der Waals surface area contributed by atoms with E-state index in [2.05, 4.69) is 18.3 Å². The summed E-state index contributed by atoms with van der Waals surface area (Å²) < 4.78 is 5.26. The smallest absolute Gasteiger partial charge is 0.348 e. The van der Waals surface area contributed by atoms with Gasteiger partial charge in [0.25, 0.3) is 5.91 Å². The fourth-order valence-corrected chi connectivity index (χ4v) is 5.49. The molecule has 0 fully saturated rings. The Morgan fingerprint density at radius 2 is 1.76 bits per heavy atom. The van der Waals surface area contributed by atoms with Crippen LogP contribution < -0.4 is 5.32 Å². The van der Waals surface area contributed by atoms with Crippen molar-refractivity contribution in [1.29, 1.82) is 5.26 Å². The lowest BCUT2D eigenvalue weighted by Gasteiger charge is -2.26. The van der Waals surface area contributed by atoms with Crippen molar-refractivity contribution in [1.82, 2.24) is 0 Å². The molecule has 0 saturated heterocycles. The van der Waals surface area contributed by atoms with Gasteiger partial charge in [0, 0.05) is 4.88 Å². The summed E-state index contributed by atoms with van der Waals surface area (Å²) in [4.78, 5) is 26.8. The van der Waals surface area contributed by atoms with E-state index in [4.69, 9.17) is 4.74 Å². The molecule has 0 saturated carbocycles. The molecule has 33 heavy (non-hydrogen) atoms. The van der Waals surface area contributed by atoms with Gasteiger partial charge in [0.15, 0.2) is 6.61 Å². The number of benzene rings is 2. The van der Waals surface area contributed by atoms with Crippen LogP contribution in [0.25, 0.3) is 0 Å². The van der Waals surface area contributed by atoms with Crippen molar-refractivity contribution >= 4 is 28.2 Å². The highest BCUT2D eigenvalue weighted by Gasteiger charge is 2.42. The van der Waals surface area contributed by atoms with Gasteiger partial charge in [0.1, 0.15) is 11.1 Å². The highest BCUT2D eigenvalue weighted by atomic mass is 32.1. The van der Waals surface area contributed by atoms with E-state index in [1.165, 1.54) is 11.3 Å². The fraction of sp³-hybridized carbons (Fsp3) is 0.269. The number of carbonyl (C=O) groups excluding carboxylic acids is 2.